The fourth-order valence-electron chi connectivity index (χ4n) is 2.36. The van der Waals surface area contributed by atoms with Crippen molar-refractivity contribution in [3.63, 3.8) is 0 Å². The van der Waals surface area contributed by atoms with Crippen LogP contribution in [0.2, 0.25) is 0 Å². The van der Waals surface area contributed by atoms with E-state index in [0.29, 0.717) is 23.5 Å². The molecule has 1 atom stereocenters. The standard InChI is InChI=1S/C17H20N2O5S/c1-23-13-4-3-11(9-14(13)24-2)12(10-17(21)22)19-15(20)5-6-16-18-7-8-25-16/h3-4,7-9,12H,5-6,10H2,1-2H3,(H,19,20)(H,21,22). The summed E-state index contributed by atoms with van der Waals surface area (Å²) >= 11 is 1.48. The number of carboxylic acids is 1. The summed E-state index contributed by atoms with van der Waals surface area (Å²) < 4.78 is 10.4. The molecule has 0 radical (unpaired) electrons. The minimum Gasteiger partial charge on any atom is -0.493 e. The number of nitrogens with one attached hydrogen (secondary N) is 1. The Morgan fingerprint density at radius 1 is 1.28 bits per heavy atom. The van der Waals surface area contributed by atoms with E-state index in [9.17, 15) is 9.59 Å². The van der Waals surface area contributed by atoms with E-state index in [1.807, 2.05) is 5.38 Å². The number of carbonyl (C=O) groups is 2. The molecule has 0 saturated heterocycles. The van der Waals surface area contributed by atoms with Crippen LogP contribution in [-0.4, -0.2) is 36.2 Å². The van der Waals surface area contributed by atoms with Gasteiger partial charge in [-0.05, 0) is 17.7 Å². The first kappa shape index (κ1) is 18.7. The lowest BCUT2D eigenvalue weighted by Crippen LogP contribution is -2.30. The molecule has 0 aliphatic heterocycles. The second kappa shape index (κ2) is 9.03. The monoisotopic (exact) mass is 364 g/mol. The third kappa shape index (κ3) is 5.46. The predicted octanol–water partition coefficient (Wildman–Crippen LogP) is 2.43. The second-order valence-corrected chi connectivity index (χ2v) is 6.24. The number of thiazole rings is 1. The van der Waals surface area contributed by atoms with Gasteiger partial charge in [-0.25, -0.2) is 4.98 Å². The topological polar surface area (TPSA) is 97.8 Å². The molecule has 0 bridgehead atoms. The van der Waals surface area contributed by atoms with Gasteiger partial charge in [0.05, 0.1) is 31.7 Å². The van der Waals surface area contributed by atoms with Crippen LogP contribution >= 0.6 is 11.3 Å². The normalized spacial score (nSPS) is 11.6. The van der Waals surface area contributed by atoms with E-state index >= 15 is 0 Å². The number of benzene rings is 1. The maximum absolute atomic E-state index is 12.2. The molecule has 7 nitrogen and oxygen atoms in total. The van der Waals surface area contributed by atoms with Gasteiger partial charge in [0, 0.05) is 24.4 Å². The molecule has 2 N–H and O–H groups in total. The van der Waals surface area contributed by atoms with E-state index < -0.39 is 12.0 Å². The molecular formula is C17H20N2O5S. The zero-order valence-electron chi connectivity index (χ0n) is 14.0. The predicted molar refractivity (Wildman–Crippen MR) is 93.1 cm³/mol. The molecule has 0 saturated carbocycles. The van der Waals surface area contributed by atoms with Crippen molar-refractivity contribution in [2.45, 2.75) is 25.3 Å². The van der Waals surface area contributed by atoms with E-state index in [1.54, 1.807) is 24.4 Å². The van der Waals surface area contributed by atoms with Crippen molar-refractivity contribution in [2.24, 2.45) is 0 Å². The molecule has 1 unspecified atom stereocenters. The summed E-state index contributed by atoms with van der Waals surface area (Å²) in [5.41, 5.74) is 0.641. The number of hydrogen-bond acceptors (Lipinski definition) is 6. The Morgan fingerprint density at radius 3 is 2.64 bits per heavy atom. The number of aryl methyl sites for hydroxylation is 1. The number of carboxylic acid groups (broad SMARTS) is 1. The van der Waals surface area contributed by atoms with E-state index in [1.165, 1.54) is 25.6 Å². The number of amides is 1. The van der Waals surface area contributed by atoms with E-state index in [4.69, 9.17) is 14.6 Å². The van der Waals surface area contributed by atoms with E-state index in [0.717, 1.165) is 5.01 Å². The largest absolute Gasteiger partial charge is 0.493 e. The Labute approximate surface area is 149 Å². The molecule has 0 aliphatic rings. The van der Waals surface area contributed by atoms with Gasteiger partial charge >= 0.3 is 5.97 Å². The van der Waals surface area contributed by atoms with Gasteiger partial charge in [-0.15, -0.1) is 11.3 Å². The third-order valence-electron chi connectivity index (χ3n) is 3.57. The van der Waals surface area contributed by atoms with Crippen LogP contribution in [-0.2, 0) is 16.0 Å². The second-order valence-electron chi connectivity index (χ2n) is 5.26. The maximum atomic E-state index is 12.2. The first-order valence-corrected chi connectivity index (χ1v) is 8.53. The summed E-state index contributed by atoms with van der Waals surface area (Å²) in [6.45, 7) is 0. The van der Waals surface area contributed by atoms with Gasteiger partial charge in [-0.1, -0.05) is 6.07 Å². The Hall–Kier alpha value is -2.61. The van der Waals surface area contributed by atoms with Gasteiger partial charge < -0.3 is 19.9 Å². The van der Waals surface area contributed by atoms with Crippen LogP contribution in [0.15, 0.2) is 29.8 Å². The first-order valence-electron chi connectivity index (χ1n) is 7.65. The fraction of sp³-hybridized carbons (Fsp3) is 0.353. The van der Waals surface area contributed by atoms with Crippen molar-refractivity contribution in [2.75, 3.05) is 14.2 Å². The number of hydrogen-bond donors (Lipinski definition) is 2. The Morgan fingerprint density at radius 2 is 2.04 bits per heavy atom. The molecule has 0 aliphatic carbocycles. The molecule has 1 aromatic heterocycles. The van der Waals surface area contributed by atoms with Crippen LogP contribution in [0.1, 0.15) is 29.5 Å². The van der Waals surface area contributed by atoms with Crippen molar-refractivity contribution in [3.8, 4) is 11.5 Å². The highest BCUT2D eigenvalue weighted by atomic mass is 32.1. The average Bonchev–Trinajstić information content (AvgIpc) is 3.12. The van der Waals surface area contributed by atoms with Crippen LogP contribution in [0.25, 0.3) is 0 Å². The molecule has 25 heavy (non-hydrogen) atoms. The lowest BCUT2D eigenvalue weighted by atomic mass is 10.0. The molecule has 1 heterocycles. The number of aliphatic carboxylic acids is 1. The maximum Gasteiger partial charge on any atom is 0.305 e. The van der Waals surface area contributed by atoms with Crippen molar-refractivity contribution >= 4 is 23.2 Å². The zero-order valence-corrected chi connectivity index (χ0v) is 14.8. The van der Waals surface area contributed by atoms with Crippen molar-refractivity contribution in [1.82, 2.24) is 10.3 Å². The van der Waals surface area contributed by atoms with Crippen LogP contribution < -0.4 is 14.8 Å². The molecule has 1 amide bonds. The number of ether oxygens (including phenoxy) is 2. The number of methoxy groups -OCH3 is 2. The summed E-state index contributed by atoms with van der Waals surface area (Å²) in [6, 6.07) is 4.43. The SMILES string of the molecule is COc1ccc(C(CC(=O)O)NC(=O)CCc2nccs2)cc1OC. The van der Waals surface area contributed by atoms with Crippen molar-refractivity contribution < 1.29 is 24.2 Å². The average molecular weight is 364 g/mol. The highest BCUT2D eigenvalue weighted by Gasteiger charge is 2.20. The Bertz CT molecular complexity index is 718. The molecule has 0 fully saturated rings. The van der Waals surface area contributed by atoms with Crippen LogP contribution in [0.3, 0.4) is 0 Å². The van der Waals surface area contributed by atoms with Gasteiger partial charge in [0.1, 0.15) is 0 Å². The van der Waals surface area contributed by atoms with Gasteiger partial charge in [0.2, 0.25) is 5.91 Å². The van der Waals surface area contributed by atoms with Crippen molar-refractivity contribution in [1.29, 1.82) is 0 Å². The van der Waals surface area contributed by atoms with Gasteiger partial charge in [0.15, 0.2) is 11.5 Å². The first-order chi connectivity index (χ1) is 12.0. The number of aromatic nitrogens is 1. The highest BCUT2D eigenvalue weighted by Crippen LogP contribution is 2.31. The zero-order chi connectivity index (χ0) is 18.2. The number of rotatable bonds is 9. The molecule has 8 heteroatoms. The fourth-order valence-corrected chi connectivity index (χ4v) is 2.98. The summed E-state index contributed by atoms with van der Waals surface area (Å²) in [5.74, 6) is -0.209. The van der Waals surface area contributed by atoms with E-state index in [2.05, 4.69) is 10.3 Å². The summed E-state index contributed by atoms with van der Waals surface area (Å²) in [7, 11) is 3.02. The molecule has 134 valence electrons. The van der Waals surface area contributed by atoms with Gasteiger partial charge in [-0.2, -0.15) is 0 Å². The highest BCUT2D eigenvalue weighted by molar-refractivity contribution is 7.09. The lowest BCUT2D eigenvalue weighted by Gasteiger charge is -2.19. The summed E-state index contributed by atoms with van der Waals surface area (Å²) in [4.78, 5) is 27.5. The Kier molecular flexibility index (Phi) is 6.76. The molecule has 2 aromatic rings. The van der Waals surface area contributed by atoms with Crippen LogP contribution in [0.4, 0.5) is 0 Å². The quantitative estimate of drug-likeness (QED) is 0.709. The third-order valence-corrected chi connectivity index (χ3v) is 4.41. The van der Waals surface area contributed by atoms with Crippen molar-refractivity contribution in [3.05, 3.63) is 40.3 Å². The lowest BCUT2D eigenvalue weighted by molar-refractivity contribution is -0.137. The van der Waals surface area contributed by atoms with Crippen LogP contribution in [0.5, 0.6) is 11.5 Å². The minimum atomic E-state index is -1.000. The number of carbonyl (C=O) groups excluding carboxylic acids is 1. The van der Waals surface area contributed by atoms with Gasteiger partial charge in [0.25, 0.3) is 0 Å². The molecule has 1 aromatic carbocycles. The number of nitrogens with zero attached hydrogens (tertiary/aromatic N) is 1. The van der Waals surface area contributed by atoms with Gasteiger partial charge in [-0.3, -0.25) is 9.59 Å². The van der Waals surface area contributed by atoms with Crippen LogP contribution in [0, 0.1) is 0 Å². The Balaban J connectivity index is 2.09. The molecular weight excluding hydrogens is 344 g/mol. The summed E-state index contributed by atoms with van der Waals surface area (Å²) in [6.07, 6.45) is 2.24. The minimum absolute atomic E-state index is 0.224. The molecule has 2 rings (SSSR count). The smallest absolute Gasteiger partial charge is 0.305 e. The van der Waals surface area contributed by atoms with E-state index in [-0.39, 0.29) is 18.7 Å². The molecule has 0 spiro atoms. The summed E-state index contributed by atoms with van der Waals surface area (Å²) in [5, 5.41) is 14.6.